The normalized spacial score (nSPS) is 11.0. The predicted molar refractivity (Wildman–Crippen MR) is 82.6 cm³/mol. The van der Waals surface area contributed by atoms with Crippen molar-refractivity contribution >= 4 is 28.3 Å². The van der Waals surface area contributed by atoms with Crippen LogP contribution in [0.15, 0.2) is 42.5 Å². The van der Waals surface area contributed by atoms with Crippen molar-refractivity contribution in [3.63, 3.8) is 0 Å². The number of nitriles is 1. The van der Waals surface area contributed by atoms with Crippen molar-refractivity contribution in [3.05, 3.63) is 62.7 Å². The molecular weight excluding hydrogens is 392 g/mol. The summed E-state index contributed by atoms with van der Waals surface area (Å²) in [5.74, 6) is 0. The van der Waals surface area contributed by atoms with Gasteiger partial charge in [0.25, 0.3) is 0 Å². The number of halogens is 4. The predicted octanol–water partition coefficient (Wildman–Crippen LogP) is 4.79. The molecule has 0 spiro atoms. The van der Waals surface area contributed by atoms with E-state index in [2.05, 4.69) is 27.9 Å². The Bertz CT molecular complexity index is 673. The van der Waals surface area contributed by atoms with Crippen LogP contribution in [0.2, 0.25) is 0 Å². The summed E-state index contributed by atoms with van der Waals surface area (Å²) in [4.78, 5) is 0. The molecule has 0 aromatic heterocycles. The van der Waals surface area contributed by atoms with Gasteiger partial charge in [0.1, 0.15) is 6.07 Å². The average Bonchev–Trinajstić information content (AvgIpc) is 2.45. The number of alkyl halides is 3. The summed E-state index contributed by atoms with van der Waals surface area (Å²) in [7, 11) is 0. The molecule has 2 aromatic rings. The van der Waals surface area contributed by atoms with Crippen LogP contribution >= 0.6 is 22.6 Å². The molecule has 0 aliphatic heterocycles. The molecule has 0 unspecified atom stereocenters. The number of rotatable bonds is 3. The highest BCUT2D eigenvalue weighted by Crippen LogP contribution is 2.31. The lowest BCUT2D eigenvalue weighted by atomic mass is 10.1. The van der Waals surface area contributed by atoms with Crippen LogP contribution in [0.5, 0.6) is 0 Å². The van der Waals surface area contributed by atoms with Gasteiger partial charge in [0.2, 0.25) is 0 Å². The Morgan fingerprint density at radius 2 is 1.76 bits per heavy atom. The zero-order valence-corrected chi connectivity index (χ0v) is 12.9. The van der Waals surface area contributed by atoms with E-state index in [0.29, 0.717) is 12.2 Å². The monoisotopic (exact) mass is 402 g/mol. The molecule has 0 amide bonds. The molecule has 0 atom stereocenters. The van der Waals surface area contributed by atoms with Crippen LogP contribution in [-0.2, 0) is 12.7 Å². The minimum atomic E-state index is -4.44. The Balaban J connectivity index is 2.17. The second-order valence-corrected chi connectivity index (χ2v) is 5.60. The van der Waals surface area contributed by atoms with Crippen molar-refractivity contribution in [2.45, 2.75) is 12.7 Å². The summed E-state index contributed by atoms with van der Waals surface area (Å²) in [5.41, 5.74) is 0.539. The van der Waals surface area contributed by atoms with Crippen LogP contribution < -0.4 is 5.32 Å². The standard InChI is InChI=1S/C15H10F3IN2/c16-15(17,18)12-3-6-14(11(7-12)8-20)21-9-10-1-4-13(19)5-2-10/h1-7,21H,9H2. The highest BCUT2D eigenvalue weighted by molar-refractivity contribution is 14.1. The number of benzene rings is 2. The van der Waals surface area contributed by atoms with Gasteiger partial charge in [-0.2, -0.15) is 18.4 Å². The van der Waals surface area contributed by atoms with Gasteiger partial charge in [-0.15, -0.1) is 0 Å². The van der Waals surface area contributed by atoms with Gasteiger partial charge in [-0.05, 0) is 58.5 Å². The van der Waals surface area contributed by atoms with E-state index < -0.39 is 11.7 Å². The number of anilines is 1. The van der Waals surface area contributed by atoms with E-state index in [4.69, 9.17) is 5.26 Å². The fraction of sp³-hybridized carbons (Fsp3) is 0.133. The molecule has 108 valence electrons. The van der Waals surface area contributed by atoms with E-state index in [1.807, 2.05) is 24.3 Å². The Kier molecular flexibility index (Phi) is 4.73. The van der Waals surface area contributed by atoms with Crippen LogP contribution in [-0.4, -0.2) is 0 Å². The molecular formula is C15H10F3IN2. The van der Waals surface area contributed by atoms with Gasteiger partial charge in [-0.1, -0.05) is 12.1 Å². The molecule has 2 rings (SSSR count). The second kappa shape index (κ2) is 6.35. The van der Waals surface area contributed by atoms with E-state index in [9.17, 15) is 13.2 Å². The van der Waals surface area contributed by atoms with Gasteiger partial charge in [-0.25, -0.2) is 0 Å². The van der Waals surface area contributed by atoms with Crippen molar-refractivity contribution in [2.75, 3.05) is 5.32 Å². The number of hydrogen-bond acceptors (Lipinski definition) is 2. The third-order valence-electron chi connectivity index (χ3n) is 2.86. The van der Waals surface area contributed by atoms with Gasteiger partial charge >= 0.3 is 6.18 Å². The summed E-state index contributed by atoms with van der Waals surface area (Å²) in [6.07, 6.45) is -4.44. The van der Waals surface area contributed by atoms with E-state index in [1.165, 1.54) is 6.07 Å². The lowest BCUT2D eigenvalue weighted by Crippen LogP contribution is -2.07. The van der Waals surface area contributed by atoms with Crippen molar-refractivity contribution in [1.82, 2.24) is 0 Å². The van der Waals surface area contributed by atoms with E-state index >= 15 is 0 Å². The molecule has 1 N–H and O–H groups in total. The molecule has 0 fully saturated rings. The summed E-state index contributed by atoms with van der Waals surface area (Å²) < 4.78 is 38.9. The third kappa shape index (κ3) is 4.11. The van der Waals surface area contributed by atoms with Crippen LogP contribution in [0.1, 0.15) is 16.7 Å². The van der Waals surface area contributed by atoms with Gasteiger partial charge in [0, 0.05) is 10.1 Å². The fourth-order valence-corrected chi connectivity index (χ4v) is 2.13. The molecule has 2 nitrogen and oxygen atoms in total. The minimum absolute atomic E-state index is 0.0182. The molecule has 0 aliphatic rings. The van der Waals surface area contributed by atoms with Gasteiger partial charge in [-0.3, -0.25) is 0 Å². The first-order valence-corrected chi connectivity index (χ1v) is 7.07. The van der Waals surface area contributed by atoms with Crippen molar-refractivity contribution < 1.29 is 13.2 Å². The van der Waals surface area contributed by atoms with Crippen molar-refractivity contribution in [1.29, 1.82) is 5.26 Å². The minimum Gasteiger partial charge on any atom is -0.380 e. The number of hydrogen-bond donors (Lipinski definition) is 1. The van der Waals surface area contributed by atoms with Gasteiger partial charge < -0.3 is 5.32 Å². The van der Waals surface area contributed by atoms with Crippen LogP contribution in [0.4, 0.5) is 18.9 Å². The Labute approximate surface area is 133 Å². The lowest BCUT2D eigenvalue weighted by molar-refractivity contribution is -0.137. The molecule has 0 saturated heterocycles. The second-order valence-electron chi connectivity index (χ2n) is 4.35. The first-order chi connectivity index (χ1) is 9.90. The summed E-state index contributed by atoms with van der Waals surface area (Å²) in [6.45, 7) is 0.441. The van der Waals surface area contributed by atoms with Gasteiger partial charge in [0.15, 0.2) is 0 Å². The smallest absolute Gasteiger partial charge is 0.380 e. The summed E-state index contributed by atoms with van der Waals surface area (Å²) in [6, 6.07) is 12.6. The molecule has 0 bridgehead atoms. The quantitative estimate of drug-likeness (QED) is 0.750. The molecule has 0 aliphatic carbocycles. The molecule has 0 radical (unpaired) electrons. The van der Waals surface area contributed by atoms with Crippen molar-refractivity contribution in [3.8, 4) is 6.07 Å². The highest BCUT2D eigenvalue weighted by atomic mass is 127. The summed E-state index contributed by atoms with van der Waals surface area (Å²) in [5, 5.41) is 12.0. The molecule has 0 saturated carbocycles. The average molecular weight is 402 g/mol. The largest absolute Gasteiger partial charge is 0.416 e. The maximum absolute atomic E-state index is 12.6. The third-order valence-corrected chi connectivity index (χ3v) is 3.58. The van der Waals surface area contributed by atoms with Crippen LogP contribution in [0.25, 0.3) is 0 Å². The Morgan fingerprint density at radius 1 is 1.10 bits per heavy atom. The first-order valence-electron chi connectivity index (χ1n) is 6.00. The number of nitrogens with one attached hydrogen (secondary N) is 1. The van der Waals surface area contributed by atoms with Crippen LogP contribution in [0.3, 0.4) is 0 Å². The summed E-state index contributed by atoms with van der Waals surface area (Å²) >= 11 is 2.19. The van der Waals surface area contributed by atoms with Crippen LogP contribution in [0, 0.1) is 14.9 Å². The van der Waals surface area contributed by atoms with Crippen molar-refractivity contribution in [2.24, 2.45) is 0 Å². The highest BCUT2D eigenvalue weighted by Gasteiger charge is 2.31. The first kappa shape index (κ1) is 15.6. The Morgan fingerprint density at radius 3 is 2.33 bits per heavy atom. The Hall–Kier alpha value is -1.75. The van der Waals surface area contributed by atoms with Gasteiger partial charge in [0.05, 0.1) is 16.8 Å². The zero-order valence-electron chi connectivity index (χ0n) is 10.7. The SMILES string of the molecule is N#Cc1cc(C(F)(F)F)ccc1NCc1ccc(I)cc1. The van der Waals surface area contributed by atoms with E-state index in [0.717, 1.165) is 21.3 Å². The molecule has 6 heteroatoms. The molecule has 21 heavy (non-hydrogen) atoms. The maximum atomic E-state index is 12.6. The maximum Gasteiger partial charge on any atom is 0.416 e. The van der Waals surface area contributed by atoms with E-state index in [-0.39, 0.29) is 5.56 Å². The number of nitrogens with zero attached hydrogens (tertiary/aromatic N) is 1. The fourth-order valence-electron chi connectivity index (χ4n) is 1.77. The molecule has 0 heterocycles. The molecule has 2 aromatic carbocycles. The van der Waals surface area contributed by atoms with E-state index in [1.54, 1.807) is 6.07 Å². The lowest BCUT2D eigenvalue weighted by Gasteiger charge is -2.11. The zero-order chi connectivity index (χ0) is 15.5. The topological polar surface area (TPSA) is 35.8 Å².